The minimum atomic E-state index is -0.379. The quantitative estimate of drug-likeness (QED) is 0.676. The van der Waals surface area contributed by atoms with Crippen LogP contribution < -0.4 is 5.32 Å². The Morgan fingerprint density at radius 3 is 3.20 bits per heavy atom. The van der Waals surface area contributed by atoms with E-state index < -0.39 is 0 Å². The molecule has 80 valence electrons. The third-order valence-corrected chi connectivity index (χ3v) is 3.30. The third-order valence-electron chi connectivity index (χ3n) is 3.30. The molecule has 1 fully saturated rings. The molecule has 3 atom stereocenters. The van der Waals surface area contributed by atoms with Crippen LogP contribution in [0, 0.1) is 6.92 Å². The van der Waals surface area contributed by atoms with E-state index in [1.807, 2.05) is 0 Å². The Kier molecular flexibility index (Phi) is 1.97. The molecule has 0 spiro atoms. The third kappa shape index (κ3) is 1.43. The highest BCUT2D eigenvalue weighted by Gasteiger charge is 2.35. The molecule has 2 aliphatic heterocycles. The van der Waals surface area contributed by atoms with E-state index in [2.05, 4.69) is 30.4 Å². The Hall–Kier alpha value is -1.06. The van der Waals surface area contributed by atoms with Gasteiger partial charge in [-0.05, 0) is 13.0 Å². The lowest BCUT2D eigenvalue weighted by Crippen LogP contribution is -2.45. The fourth-order valence-corrected chi connectivity index (χ4v) is 2.44. The molecule has 2 bridgehead atoms. The van der Waals surface area contributed by atoms with Crippen LogP contribution in [0.15, 0.2) is 18.2 Å². The molecule has 3 nitrogen and oxygen atoms in total. The van der Waals surface area contributed by atoms with Crippen molar-refractivity contribution in [3.05, 3.63) is 29.3 Å². The van der Waals surface area contributed by atoms with Gasteiger partial charge in [-0.3, -0.25) is 0 Å². The summed E-state index contributed by atoms with van der Waals surface area (Å²) in [6.07, 6.45) is 0.655. The molecule has 0 aliphatic carbocycles. The van der Waals surface area contributed by atoms with E-state index >= 15 is 0 Å². The predicted molar refractivity (Wildman–Crippen MR) is 57.9 cm³/mol. The SMILES string of the molecule is Cc1ccc2c(c1)[C@H]1C[C@@H](N2)[C@H](O)CO1. The molecule has 2 heterocycles. The Labute approximate surface area is 89.1 Å². The number of ether oxygens (including phenoxy) is 1. The zero-order valence-electron chi connectivity index (χ0n) is 8.73. The number of nitrogens with one attached hydrogen (secondary N) is 1. The summed E-state index contributed by atoms with van der Waals surface area (Å²) < 4.78 is 5.65. The van der Waals surface area contributed by atoms with Crippen LogP contribution in [-0.2, 0) is 4.74 Å². The average molecular weight is 205 g/mol. The highest BCUT2D eigenvalue weighted by atomic mass is 16.5. The zero-order valence-corrected chi connectivity index (χ0v) is 8.73. The van der Waals surface area contributed by atoms with Gasteiger partial charge >= 0.3 is 0 Å². The van der Waals surface area contributed by atoms with Gasteiger partial charge in [0.2, 0.25) is 0 Å². The Morgan fingerprint density at radius 2 is 2.33 bits per heavy atom. The highest BCUT2D eigenvalue weighted by Crippen LogP contribution is 2.39. The highest BCUT2D eigenvalue weighted by molar-refractivity contribution is 5.57. The van der Waals surface area contributed by atoms with Crippen molar-refractivity contribution >= 4 is 5.69 Å². The first-order valence-corrected chi connectivity index (χ1v) is 5.41. The second-order valence-electron chi connectivity index (χ2n) is 4.47. The van der Waals surface area contributed by atoms with Crippen LogP contribution >= 0.6 is 0 Å². The fraction of sp³-hybridized carbons (Fsp3) is 0.500. The van der Waals surface area contributed by atoms with Crippen molar-refractivity contribution < 1.29 is 9.84 Å². The van der Waals surface area contributed by atoms with Crippen LogP contribution in [0.5, 0.6) is 0 Å². The standard InChI is InChI=1S/C12H15NO2/c1-7-2-3-9-8(4-7)12-5-10(13-9)11(14)6-15-12/h2-4,10-14H,5-6H2,1H3/t10-,11-,12-/m1/s1. The van der Waals surface area contributed by atoms with Crippen LogP contribution in [0.25, 0.3) is 0 Å². The number of benzene rings is 1. The number of aliphatic hydroxyl groups is 1. The van der Waals surface area contributed by atoms with Crippen molar-refractivity contribution in [3.8, 4) is 0 Å². The van der Waals surface area contributed by atoms with Gasteiger partial charge in [0.05, 0.1) is 24.9 Å². The molecule has 0 aromatic heterocycles. The minimum Gasteiger partial charge on any atom is -0.389 e. The van der Waals surface area contributed by atoms with Crippen molar-refractivity contribution in [1.82, 2.24) is 0 Å². The maximum Gasteiger partial charge on any atom is 0.0975 e. The first-order valence-electron chi connectivity index (χ1n) is 5.41. The van der Waals surface area contributed by atoms with E-state index in [0.717, 1.165) is 12.1 Å². The topological polar surface area (TPSA) is 41.5 Å². The van der Waals surface area contributed by atoms with E-state index in [0.29, 0.717) is 6.61 Å². The number of fused-ring (bicyclic) bond motifs is 4. The smallest absolute Gasteiger partial charge is 0.0975 e. The van der Waals surface area contributed by atoms with Gasteiger partial charge in [0.15, 0.2) is 0 Å². The molecular weight excluding hydrogens is 190 g/mol. The summed E-state index contributed by atoms with van der Waals surface area (Å²) in [7, 11) is 0. The molecule has 3 heteroatoms. The molecule has 2 N–H and O–H groups in total. The summed E-state index contributed by atoms with van der Waals surface area (Å²) in [5, 5.41) is 13.1. The van der Waals surface area contributed by atoms with Gasteiger partial charge in [-0.1, -0.05) is 17.7 Å². The second-order valence-corrected chi connectivity index (χ2v) is 4.47. The van der Waals surface area contributed by atoms with Crippen molar-refractivity contribution in [3.63, 3.8) is 0 Å². The van der Waals surface area contributed by atoms with Crippen LogP contribution in [0.1, 0.15) is 23.7 Å². The fourth-order valence-electron chi connectivity index (χ4n) is 2.44. The van der Waals surface area contributed by atoms with E-state index in [1.54, 1.807) is 0 Å². The lowest BCUT2D eigenvalue weighted by atomic mass is 9.89. The molecule has 3 rings (SSSR count). The van der Waals surface area contributed by atoms with Crippen molar-refractivity contribution in [2.75, 3.05) is 11.9 Å². The molecule has 0 unspecified atom stereocenters. The van der Waals surface area contributed by atoms with Crippen molar-refractivity contribution in [1.29, 1.82) is 0 Å². The van der Waals surface area contributed by atoms with Gasteiger partial charge < -0.3 is 15.2 Å². The van der Waals surface area contributed by atoms with Gasteiger partial charge in [-0.2, -0.15) is 0 Å². The van der Waals surface area contributed by atoms with Gasteiger partial charge in [0.1, 0.15) is 0 Å². The molecule has 1 aromatic carbocycles. The van der Waals surface area contributed by atoms with Crippen LogP contribution in [-0.4, -0.2) is 23.9 Å². The average Bonchev–Trinajstić information content (AvgIpc) is 2.24. The summed E-state index contributed by atoms with van der Waals surface area (Å²) in [6, 6.07) is 6.48. The maximum atomic E-state index is 9.71. The lowest BCUT2D eigenvalue weighted by molar-refractivity contribution is -0.0672. The van der Waals surface area contributed by atoms with E-state index in [9.17, 15) is 5.11 Å². The summed E-state index contributed by atoms with van der Waals surface area (Å²) in [4.78, 5) is 0. The zero-order chi connectivity index (χ0) is 10.4. The molecule has 1 saturated heterocycles. The van der Waals surface area contributed by atoms with Gasteiger partial charge in [-0.15, -0.1) is 0 Å². The molecule has 0 saturated carbocycles. The molecule has 0 amide bonds. The maximum absolute atomic E-state index is 9.71. The van der Waals surface area contributed by atoms with Crippen molar-refractivity contribution in [2.24, 2.45) is 0 Å². The Balaban J connectivity index is 2.03. The number of anilines is 1. The van der Waals surface area contributed by atoms with E-state index in [1.165, 1.54) is 11.1 Å². The summed E-state index contributed by atoms with van der Waals surface area (Å²) >= 11 is 0. The number of aryl methyl sites for hydroxylation is 1. The number of aliphatic hydroxyl groups excluding tert-OH is 1. The van der Waals surface area contributed by atoms with Crippen LogP contribution in [0.4, 0.5) is 5.69 Å². The van der Waals surface area contributed by atoms with Gasteiger partial charge in [-0.25, -0.2) is 0 Å². The molecule has 0 radical (unpaired) electrons. The Morgan fingerprint density at radius 1 is 1.47 bits per heavy atom. The number of hydrogen-bond donors (Lipinski definition) is 2. The Bertz CT molecular complexity index is 391. The molecular formula is C12H15NO2. The monoisotopic (exact) mass is 205 g/mol. The van der Waals surface area contributed by atoms with E-state index in [-0.39, 0.29) is 18.2 Å². The van der Waals surface area contributed by atoms with Crippen LogP contribution in [0.3, 0.4) is 0 Å². The molecule has 2 aliphatic rings. The van der Waals surface area contributed by atoms with E-state index in [4.69, 9.17) is 4.74 Å². The number of hydrogen-bond acceptors (Lipinski definition) is 3. The predicted octanol–water partition coefficient (Wildman–Crippen LogP) is 1.61. The second kappa shape index (κ2) is 3.22. The largest absolute Gasteiger partial charge is 0.389 e. The molecule has 1 aromatic rings. The first-order chi connectivity index (χ1) is 7.24. The summed E-state index contributed by atoms with van der Waals surface area (Å²) in [6.45, 7) is 2.53. The van der Waals surface area contributed by atoms with Crippen LogP contribution in [0.2, 0.25) is 0 Å². The molecule has 15 heavy (non-hydrogen) atoms. The number of rotatable bonds is 0. The van der Waals surface area contributed by atoms with Crippen molar-refractivity contribution in [2.45, 2.75) is 31.6 Å². The summed E-state index contributed by atoms with van der Waals surface area (Å²) in [5.74, 6) is 0. The van der Waals surface area contributed by atoms with Gasteiger partial charge in [0.25, 0.3) is 0 Å². The minimum absolute atomic E-state index is 0.152. The normalized spacial score (nSPS) is 33.1. The first kappa shape index (κ1) is 9.19. The lowest BCUT2D eigenvalue weighted by Gasteiger charge is -2.40. The summed E-state index contributed by atoms with van der Waals surface area (Å²) in [5.41, 5.74) is 3.60. The van der Waals surface area contributed by atoms with Gasteiger partial charge in [0, 0.05) is 17.7 Å².